The van der Waals surface area contributed by atoms with Crippen molar-refractivity contribution < 1.29 is 13.2 Å². The molecule has 0 aliphatic carbocycles. The van der Waals surface area contributed by atoms with Crippen molar-refractivity contribution in [2.75, 3.05) is 32.8 Å². The van der Waals surface area contributed by atoms with E-state index in [4.69, 9.17) is 4.74 Å². The SMILES string of the molecule is O=S(=O)(c1cccnc1)N1CC2(CC(N3CCCCC3)CO2)C1. The van der Waals surface area contributed by atoms with Crippen molar-refractivity contribution in [3.05, 3.63) is 24.5 Å². The Morgan fingerprint density at radius 2 is 2.00 bits per heavy atom. The lowest BCUT2D eigenvalue weighted by molar-refractivity contribution is -0.0774. The van der Waals surface area contributed by atoms with Gasteiger partial charge in [-0.05, 0) is 44.5 Å². The number of pyridine rings is 1. The Morgan fingerprint density at radius 1 is 1.22 bits per heavy atom. The number of sulfonamides is 1. The van der Waals surface area contributed by atoms with Crippen LogP contribution in [0.1, 0.15) is 25.7 Å². The molecule has 0 radical (unpaired) electrons. The molecular formula is C16H23N3O3S. The first-order valence-corrected chi connectivity index (χ1v) is 9.81. The summed E-state index contributed by atoms with van der Waals surface area (Å²) in [4.78, 5) is 6.70. The molecule has 3 fully saturated rings. The minimum absolute atomic E-state index is 0.264. The number of hydrogen-bond acceptors (Lipinski definition) is 5. The van der Waals surface area contributed by atoms with Gasteiger partial charge in [-0.1, -0.05) is 6.42 Å². The monoisotopic (exact) mass is 337 g/mol. The van der Waals surface area contributed by atoms with Crippen LogP contribution in [0.2, 0.25) is 0 Å². The van der Waals surface area contributed by atoms with E-state index in [1.165, 1.54) is 29.8 Å². The van der Waals surface area contributed by atoms with Crippen molar-refractivity contribution in [2.24, 2.45) is 0 Å². The molecule has 4 rings (SSSR count). The molecule has 0 saturated carbocycles. The first kappa shape index (κ1) is 15.5. The van der Waals surface area contributed by atoms with Crippen LogP contribution in [0.4, 0.5) is 0 Å². The van der Waals surface area contributed by atoms with Crippen molar-refractivity contribution in [3.63, 3.8) is 0 Å². The summed E-state index contributed by atoms with van der Waals surface area (Å²) in [6, 6.07) is 3.71. The Bertz CT molecular complexity index is 652. The van der Waals surface area contributed by atoms with Crippen LogP contribution in [0.5, 0.6) is 0 Å². The highest BCUT2D eigenvalue weighted by Gasteiger charge is 2.54. The summed E-state index contributed by atoms with van der Waals surface area (Å²) < 4.78 is 32.7. The minimum atomic E-state index is -3.43. The third-order valence-electron chi connectivity index (χ3n) is 5.30. The standard InChI is InChI=1S/C16H23N3O3S/c20-23(21,15-5-4-6-17-10-15)19-12-16(13-19)9-14(11-22-16)18-7-2-1-3-8-18/h4-6,10,14H,1-3,7-9,11-13H2. The third-order valence-corrected chi connectivity index (χ3v) is 7.07. The normalized spacial score (nSPS) is 28.8. The first-order chi connectivity index (χ1) is 11.1. The number of nitrogens with zero attached hydrogens (tertiary/aromatic N) is 3. The van der Waals surface area contributed by atoms with Gasteiger partial charge in [-0.15, -0.1) is 0 Å². The van der Waals surface area contributed by atoms with E-state index in [0.717, 1.165) is 26.1 Å². The Kier molecular flexibility index (Phi) is 3.91. The van der Waals surface area contributed by atoms with Crippen LogP contribution in [0.3, 0.4) is 0 Å². The maximum atomic E-state index is 12.6. The third kappa shape index (κ3) is 2.80. The summed E-state index contributed by atoms with van der Waals surface area (Å²) >= 11 is 0. The minimum Gasteiger partial charge on any atom is -0.371 e. The zero-order chi connectivity index (χ0) is 15.9. The van der Waals surface area contributed by atoms with Gasteiger partial charge in [0.1, 0.15) is 4.90 Å². The Labute approximate surface area is 137 Å². The molecule has 3 saturated heterocycles. The molecule has 1 unspecified atom stereocenters. The molecule has 1 spiro atoms. The maximum Gasteiger partial charge on any atom is 0.244 e. The molecule has 3 aliphatic heterocycles. The van der Waals surface area contributed by atoms with Crippen LogP contribution >= 0.6 is 0 Å². The summed E-state index contributed by atoms with van der Waals surface area (Å²) in [5.41, 5.74) is -0.266. The number of piperidine rings is 1. The molecular weight excluding hydrogens is 314 g/mol. The van der Waals surface area contributed by atoms with Crippen molar-refractivity contribution in [1.29, 1.82) is 0 Å². The summed E-state index contributed by atoms with van der Waals surface area (Å²) in [6.07, 6.45) is 7.81. The van der Waals surface area contributed by atoms with Gasteiger partial charge in [0.05, 0.1) is 12.2 Å². The molecule has 7 heteroatoms. The van der Waals surface area contributed by atoms with Gasteiger partial charge < -0.3 is 4.74 Å². The fourth-order valence-corrected chi connectivity index (χ4v) is 5.53. The van der Waals surface area contributed by atoms with Gasteiger partial charge in [-0.3, -0.25) is 9.88 Å². The number of ether oxygens (including phenoxy) is 1. The molecule has 0 N–H and O–H groups in total. The smallest absolute Gasteiger partial charge is 0.244 e. The zero-order valence-corrected chi connectivity index (χ0v) is 14.0. The lowest BCUT2D eigenvalue weighted by atomic mass is 9.91. The van der Waals surface area contributed by atoms with Crippen LogP contribution in [-0.4, -0.2) is 67.0 Å². The summed E-state index contributed by atoms with van der Waals surface area (Å²) in [5.74, 6) is 0. The molecule has 0 aromatic carbocycles. The van der Waals surface area contributed by atoms with Crippen molar-refractivity contribution >= 4 is 10.0 Å². The molecule has 3 aliphatic rings. The quantitative estimate of drug-likeness (QED) is 0.826. The summed E-state index contributed by atoms with van der Waals surface area (Å²) in [6.45, 7) is 3.98. The highest BCUT2D eigenvalue weighted by atomic mass is 32.2. The van der Waals surface area contributed by atoms with E-state index in [0.29, 0.717) is 19.1 Å². The second-order valence-corrected chi connectivity index (χ2v) is 8.85. The van der Waals surface area contributed by atoms with Gasteiger partial charge in [-0.2, -0.15) is 4.31 Å². The topological polar surface area (TPSA) is 62.7 Å². The maximum absolute atomic E-state index is 12.6. The fourth-order valence-electron chi connectivity index (χ4n) is 3.97. The lowest BCUT2D eigenvalue weighted by Crippen LogP contribution is -2.63. The Hall–Kier alpha value is -1.02. The molecule has 1 aromatic heterocycles. The van der Waals surface area contributed by atoms with Crippen LogP contribution < -0.4 is 0 Å². The Morgan fingerprint density at radius 3 is 2.70 bits per heavy atom. The highest BCUT2D eigenvalue weighted by Crippen LogP contribution is 2.39. The predicted octanol–water partition coefficient (Wildman–Crippen LogP) is 1.10. The summed E-state index contributed by atoms with van der Waals surface area (Å²) in [5, 5.41) is 0. The van der Waals surface area contributed by atoms with Gasteiger partial charge in [0, 0.05) is 31.5 Å². The first-order valence-electron chi connectivity index (χ1n) is 8.37. The van der Waals surface area contributed by atoms with Crippen LogP contribution in [0.25, 0.3) is 0 Å². The predicted molar refractivity (Wildman–Crippen MR) is 85.5 cm³/mol. The van der Waals surface area contributed by atoms with Crippen LogP contribution in [0.15, 0.2) is 29.4 Å². The largest absolute Gasteiger partial charge is 0.371 e. The highest BCUT2D eigenvalue weighted by molar-refractivity contribution is 7.89. The van der Waals surface area contributed by atoms with E-state index in [-0.39, 0.29) is 10.5 Å². The van der Waals surface area contributed by atoms with Gasteiger partial charge in [0.15, 0.2) is 0 Å². The zero-order valence-electron chi connectivity index (χ0n) is 13.2. The number of rotatable bonds is 3. The molecule has 126 valence electrons. The second kappa shape index (κ2) is 5.81. The molecule has 0 bridgehead atoms. The number of aromatic nitrogens is 1. The van der Waals surface area contributed by atoms with Crippen molar-refractivity contribution in [3.8, 4) is 0 Å². The average Bonchev–Trinajstić information content (AvgIpc) is 3.01. The molecule has 0 amide bonds. The average molecular weight is 337 g/mol. The van der Waals surface area contributed by atoms with Crippen LogP contribution in [0, 0.1) is 0 Å². The Balaban J connectivity index is 1.40. The van der Waals surface area contributed by atoms with E-state index in [2.05, 4.69) is 9.88 Å². The second-order valence-electron chi connectivity index (χ2n) is 6.91. The van der Waals surface area contributed by atoms with E-state index >= 15 is 0 Å². The van der Waals surface area contributed by atoms with E-state index in [1.54, 1.807) is 18.3 Å². The molecule has 1 aromatic rings. The van der Waals surface area contributed by atoms with Gasteiger partial charge in [0.2, 0.25) is 10.0 Å². The molecule has 6 nitrogen and oxygen atoms in total. The van der Waals surface area contributed by atoms with Gasteiger partial charge in [0.25, 0.3) is 0 Å². The lowest BCUT2D eigenvalue weighted by Gasteiger charge is -2.46. The van der Waals surface area contributed by atoms with E-state index in [1.807, 2.05) is 0 Å². The van der Waals surface area contributed by atoms with Gasteiger partial charge in [-0.25, -0.2) is 8.42 Å². The van der Waals surface area contributed by atoms with Gasteiger partial charge >= 0.3 is 0 Å². The van der Waals surface area contributed by atoms with Crippen molar-refractivity contribution in [2.45, 2.75) is 42.2 Å². The number of likely N-dealkylation sites (tertiary alicyclic amines) is 1. The summed E-state index contributed by atoms with van der Waals surface area (Å²) in [7, 11) is -3.43. The van der Waals surface area contributed by atoms with E-state index in [9.17, 15) is 8.42 Å². The molecule has 23 heavy (non-hydrogen) atoms. The fraction of sp³-hybridized carbons (Fsp3) is 0.688. The van der Waals surface area contributed by atoms with E-state index < -0.39 is 10.0 Å². The molecule has 4 heterocycles. The number of hydrogen-bond donors (Lipinski definition) is 0. The van der Waals surface area contributed by atoms with Crippen LogP contribution in [-0.2, 0) is 14.8 Å². The molecule has 1 atom stereocenters. The van der Waals surface area contributed by atoms with Crippen molar-refractivity contribution in [1.82, 2.24) is 14.2 Å².